The Labute approximate surface area is 149 Å². The molecule has 6 heteroatoms. The fraction of sp³-hybridized carbons (Fsp3) is 0.579. The van der Waals surface area contributed by atoms with E-state index < -0.39 is 0 Å². The number of hydrogen-bond acceptors (Lipinski definition) is 6. The molecular weight excluding hydrogens is 316 g/mol. The summed E-state index contributed by atoms with van der Waals surface area (Å²) < 4.78 is 5.54. The second kappa shape index (κ2) is 8.08. The number of aliphatic hydroxyl groups is 1. The largest absolute Gasteiger partial charge is 0.392 e. The van der Waals surface area contributed by atoms with E-state index in [9.17, 15) is 5.11 Å². The van der Waals surface area contributed by atoms with Crippen molar-refractivity contribution in [1.29, 1.82) is 0 Å². The fourth-order valence-corrected chi connectivity index (χ4v) is 3.50. The summed E-state index contributed by atoms with van der Waals surface area (Å²) in [5, 5.41) is 13.8. The molecular formula is C19H28N4O2. The first-order chi connectivity index (χ1) is 12.1. The van der Waals surface area contributed by atoms with Gasteiger partial charge in [-0.1, -0.05) is 42.4 Å². The summed E-state index contributed by atoms with van der Waals surface area (Å²) in [7, 11) is 0. The molecule has 1 aliphatic rings. The van der Waals surface area contributed by atoms with E-state index in [0.717, 1.165) is 38.2 Å². The molecule has 0 bridgehead atoms. The first kappa shape index (κ1) is 18.0. The van der Waals surface area contributed by atoms with Crippen LogP contribution < -0.4 is 0 Å². The van der Waals surface area contributed by atoms with Gasteiger partial charge in [-0.15, -0.1) is 0 Å². The Morgan fingerprint density at radius 1 is 1.24 bits per heavy atom. The Kier molecular flexibility index (Phi) is 5.83. The maximum atomic E-state index is 9.69. The summed E-state index contributed by atoms with van der Waals surface area (Å²) in [6.45, 7) is 9.76. The van der Waals surface area contributed by atoms with Crippen LogP contribution >= 0.6 is 0 Å². The third-order valence-electron chi connectivity index (χ3n) is 4.98. The van der Waals surface area contributed by atoms with Crippen LogP contribution in [0.3, 0.4) is 0 Å². The molecule has 3 atom stereocenters. The van der Waals surface area contributed by atoms with Crippen LogP contribution in [-0.4, -0.2) is 63.4 Å². The third-order valence-corrected chi connectivity index (χ3v) is 4.98. The van der Waals surface area contributed by atoms with Crippen LogP contribution in [-0.2, 0) is 0 Å². The molecule has 0 amide bonds. The average molecular weight is 344 g/mol. The standard InChI is InChI=1S/C19H28N4O2/c1-4-17-13-22(10-11-23(17)12-14(2)24)15(3)19-20-18(21-25-19)16-8-6-5-7-9-16/h5-9,14-15,17,24H,4,10-13H2,1-3H3/t14-,15-,17+/m0/s1. The molecule has 2 heterocycles. The molecule has 0 saturated carbocycles. The second-order valence-corrected chi connectivity index (χ2v) is 6.90. The van der Waals surface area contributed by atoms with E-state index in [1.54, 1.807) is 0 Å². The lowest BCUT2D eigenvalue weighted by Crippen LogP contribution is -2.54. The fourth-order valence-electron chi connectivity index (χ4n) is 3.50. The minimum atomic E-state index is -0.289. The normalized spacial score (nSPS) is 22.0. The molecule has 25 heavy (non-hydrogen) atoms. The minimum absolute atomic E-state index is 0.0905. The summed E-state index contributed by atoms with van der Waals surface area (Å²) in [5.41, 5.74) is 0.970. The Bertz CT molecular complexity index is 658. The van der Waals surface area contributed by atoms with Crippen LogP contribution in [0.5, 0.6) is 0 Å². The molecule has 1 aromatic heterocycles. The molecule has 1 saturated heterocycles. The topological polar surface area (TPSA) is 65.6 Å². The predicted molar refractivity (Wildman–Crippen MR) is 97.1 cm³/mol. The molecule has 3 rings (SSSR count). The van der Waals surface area contributed by atoms with Crippen molar-refractivity contribution >= 4 is 0 Å². The van der Waals surface area contributed by atoms with E-state index in [-0.39, 0.29) is 12.1 Å². The Morgan fingerprint density at radius 2 is 2.00 bits per heavy atom. The van der Waals surface area contributed by atoms with Crippen molar-refractivity contribution < 1.29 is 9.63 Å². The summed E-state index contributed by atoms with van der Waals surface area (Å²) >= 11 is 0. The predicted octanol–water partition coefficient (Wildman–Crippen LogP) is 2.57. The molecule has 6 nitrogen and oxygen atoms in total. The van der Waals surface area contributed by atoms with Gasteiger partial charge in [0.15, 0.2) is 0 Å². The molecule has 0 radical (unpaired) electrons. The molecule has 136 valence electrons. The van der Waals surface area contributed by atoms with Gasteiger partial charge in [0.2, 0.25) is 11.7 Å². The summed E-state index contributed by atoms with van der Waals surface area (Å²) in [4.78, 5) is 9.38. The highest BCUT2D eigenvalue weighted by Crippen LogP contribution is 2.25. The highest BCUT2D eigenvalue weighted by atomic mass is 16.5. The van der Waals surface area contributed by atoms with Crippen LogP contribution in [0.15, 0.2) is 34.9 Å². The van der Waals surface area contributed by atoms with Crippen molar-refractivity contribution in [3.05, 3.63) is 36.2 Å². The summed E-state index contributed by atoms with van der Waals surface area (Å²) in [5.74, 6) is 1.31. The van der Waals surface area contributed by atoms with Crippen LogP contribution in [0.2, 0.25) is 0 Å². The maximum Gasteiger partial charge on any atom is 0.244 e. The van der Waals surface area contributed by atoms with Gasteiger partial charge in [-0.25, -0.2) is 0 Å². The number of benzene rings is 1. The lowest BCUT2D eigenvalue weighted by atomic mass is 10.1. The van der Waals surface area contributed by atoms with Gasteiger partial charge >= 0.3 is 0 Å². The number of hydrogen-bond donors (Lipinski definition) is 1. The SMILES string of the molecule is CC[C@@H]1CN([C@@H](C)c2nc(-c3ccccc3)no2)CCN1C[C@H](C)O. The number of β-amino-alcohol motifs (C(OH)–C–C–N with tert-alkyl or cyclic N) is 1. The first-order valence-electron chi connectivity index (χ1n) is 9.13. The highest BCUT2D eigenvalue weighted by Gasteiger charge is 2.31. The van der Waals surface area contributed by atoms with Gasteiger partial charge in [-0.3, -0.25) is 9.80 Å². The summed E-state index contributed by atoms with van der Waals surface area (Å²) in [6, 6.07) is 10.4. The zero-order valence-electron chi connectivity index (χ0n) is 15.3. The molecule has 1 aliphatic heterocycles. The molecule has 1 N–H and O–H groups in total. The van der Waals surface area contributed by atoms with E-state index in [1.165, 1.54) is 0 Å². The van der Waals surface area contributed by atoms with Crippen LogP contribution in [0.25, 0.3) is 11.4 Å². The zero-order chi connectivity index (χ0) is 17.8. The molecule has 0 unspecified atom stereocenters. The van der Waals surface area contributed by atoms with Gasteiger partial charge in [-0.2, -0.15) is 4.98 Å². The number of aliphatic hydroxyl groups excluding tert-OH is 1. The highest BCUT2D eigenvalue weighted by molar-refractivity contribution is 5.53. The Morgan fingerprint density at radius 3 is 2.68 bits per heavy atom. The number of piperazine rings is 1. The van der Waals surface area contributed by atoms with E-state index in [4.69, 9.17) is 4.52 Å². The van der Waals surface area contributed by atoms with Crippen LogP contribution in [0.4, 0.5) is 0 Å². The van der Waals surface area contributed by atoms with E-state index >= 15 is 0 Å². The van der Waals surface area contributed by atoms with Gasteiger partial charge in [-0.05, 0) is 20.3 Å². The van der Waals surface area contributed by atoms with Gasteiger partial charge in [0.1, 0.15) is 0 Å². The number of aromatic nitrogens is 2. The molecule has 2 aromatic rings. The van der Waals surface area contributed by atoms with Crippen molar-refractivity contribution in [3.63, 3.8) is 0 Å². The second-order valence-electron chi connectivity index (χ2n) is 6.90. The average Bonchev–Trinajstić information content (AvgIpc) is 3.12. The minimum Gasteiger partial charge on any atom is -0.392 e. The van der Waals surface area contributed by atoms with Crippen LogP contribution in [0, 0.1) is 0 Å². The lowest BCUT2D eigenvalue weighted by molar-refractivity contribution is 0.0167. The zero-order valence-corrected chi connectivity index (χ0v) is 15.3. The van der Waals surface area contributed by atoms with Crippen molar-refractivity contribution in [2.45, 2.75) is 45.4 Å². The molecule has 0 aliphatic carbocycles. The smallest absolute Gasteiger partial charge is 0.244 e. The number of rotatable bonds is 6. The maximum absolute atomic E-state index is 9.69. The van der Waals surface area contributed by atoms with Crippen molar-refractivity contribution in [3.8, 4) is 11.4 Å². The van der Waals surface area contributed by atoms with E-state index in [1.807, 2.05) is 37.3 Å². The summed E-state index contributed by atoms with van der Waals surface area (Å²) in [6.07, 6.45) is 0.775. The monoisotopic (exact) mass is 344 g/mol. The van der Waals surface area contributed by atoms with Crippen molar-refractivity contribution in [2.24, 2.45) is 0 Å². The van der Waals surface area contributed by atoms with E-state index in [2.05, 4.69) is 33.8 Å². The molecule has 1 fully saturated rings. The van der Waals surface area contributed by atoms with Crippen molar-refractivity contribution in [1.82, 2.24) is 19.9 Å². The van der Waals surface area contributed by atoms with E-state index in [0.29, 0.717) is 17.8 Å². The van der Waals surface area contributed by atoms with Gasteiger partial charge < -0.3 is 9.63 Å². The number of nitrogens with zero attached hydrogens (tertiary/aromatic N) is 4. The third kappa shape index (κ3) is 4.26. The molecule has 0 spiro atoms. The van der Waals surface area contributed by atoms with Gasteiger partial charge in [0, 0.05) is 37.8 Å². The van der Waals surface area contributed by atoms with Gasteiger partial charge in [0.05, 0.1) is 12.1 Å². The Balaban J connectivity index is 1.67. The van der Waals surface area contributed by atoms with Gasteiger partial charge in [0.25, 0.3) is 0 Å². The quantitative estimate of drug-likeness (QED) is 0.869. The Hall–Kier alpha value is -1.76. The molecule has 1 aromatic carbocycles. The first-order valence-corrected chi connectivity index (χ1v) is 9.13. The van der Waals surface area contributed by atoms with Crippen molar-refractivity contribution in [2.75, 3.05) is 26.2 Å². The lowest BCUT2D eigenvalue weighted by Gasteiger charge is -2.43. The van der Waals surface area contributed by atoms with Crippen LogP contribution in [0.1, 0.15) is 39.1 Å².